The van der Waals surface area contributed by atoms with Crippen molar-refractivity contribution in [2.24, 2.45) is 5.10 Å². The number of hydrogen-bond donors (Lipinski definition) is 1. The van der Waals surface area contributed by atoms with Crippen molar-refractivity contribution in [2.75, 3.05) is 5.33 Å². The Kier molecular flexibility index (Phi) is 2.13. The van der Waals surface area contributed by atoms with Gasteiger partial charge in [-0.1, -0.05) is 40.2 Å². The Morgan fingerprint density at radius 3 is 3.08 bits per heavy atom. The molecule has 0 unspecified atom stereocenters. The van der Waals surface area contributed by atoms with Gasteiger partial charge in [-0.25, -0.2) is 0 Å². The highest BCUT2D eigenvalue weighted by atomic mass is 79.9. The maximum atomic E-state index is 4.21. The summed E-state index contributed by atoms with van der Waals surface area (Å²) in [5, 5.41) is 5.01. The fourth-order valence-corrected chi connectivity index (χ4v) is 1.77. The standard InChI is InChI=1S/C9H9BrN2/c10-5-9-8-4-2-1-3-7(8)6-11-12-9/h1-4,11H,5-6H2. The summed E-state index contributed by atoms with van der Waals surface area (Å²) < 4.78 is 0. The van der Waals surface area contributed by atoms with Gasteiger partial charge in [0.2, 0.25) is 0 Å². The molecule has 0 fully saturated rings. The quantitative estimate of drug-likeness (QED) is 0.725. The molecule has 3 heteroatoms. The van der Waals surface area contributed by atoms with E-state index in [1.807, 2.05) is 6.07 Å². The third-order valence-corrected chi connectivity index (χ3v) is 2.47. The van der Waals surface area contributed by atoms with Crippen LogP contribution >= 0.6 is 15.9 Å². The van der Waals surface area contributed by atoms with Gasteiger partial charge in [0.1, 0.15) is 0 Å². The number of nitrogens with one attached hydrogen (secondary N) is 1. The van der Waals surface area contributed by atoms with Gasteiger partial charge in [0, 0.05) is 10.9 Å². The highest BCUT2D eigenvalue weighted by Crippen LogP contribution is 2.14. The van der Waals surface area contributed by atoms with Crippen LogP contribution in [0.3, 0.4) is 0 Å². The van der Waals surface area contributed by atoms with Gasteiger partial charge in [0.25, 0.3) is 0 Å². The van der Waals surface area contributed by atoms with E-state index in [4.69, 9.17) is 0 Å². The predicted octanol–water partition coefficient (Wildman–Crippen LogP) is 1.89. The van der Waals surface area contributed by atoms with Crippen LogP contribution in [0.15, 0.2) is 29.4 Å². The fourth-order valence-electron chi connectivity index (χ4n) is 1.34. The molecule has 1 aromatic rings. The van der Waals surface area contributed by atoms with Crippen molar-refractivity contribution in [3.05, 3.63) is 35.4 Å². The fraction of sp³-hybridized carbons (Fsp3) is 0.222. The maximum Gasteiger partial charge on any atom is 0.0784 e. The minimum atomic E-state index is 0.803. The molecule has 1 aliphatic heterocycles. The second kappa shape index (κ2) is 3.27. The zero-order valence-corrected chi connectivity index (χ0v) is 8.13. The highest BCUT2D eigenvalue weighted by Gasteiger charge is 2.10. The summed E-state index contributed by atoms with van der Waals surface area (Å²) in [6, 6.07) is 8.33. The maximum absolute atomic E-state index is 4.21. The SMILES string of the molecule is BrCC1=NNCc2ccccc21. The van der Waals surface area contributed by atoms with Gasteiger partial charge in [-0.3, -0.25) is 0 Å². The third-order valence-electron chi connectivity index (χ3n) is 1.94. The molecule has 12 heavy (non-hydrogen) atoms. The van der Waals surface area contributed by atoms with Gasteiger partial charge < -0.3 is 5.43 Å². The van der Waals surface area contributed by atoms with E-state index in [0.29, 0.717) is 0 Å². The van der Waals surface area contributed by atoms with Crippen LogP contribution < -0.4 is 5.43 Å². The molecule has 0 bridgehead atoms. The number of hydrogen-bond acceptors (Lipinski definition) is 2. The Morgan fingerprint density at radius 2 is 2.25 bits per heavy atom. The molecule has 0 aliphatic carbocycles. The van der Waals surface area contributed by atoms with Crippen LogP contribution in [0.1, 0.15) is 11.1 Å². The first-order valence-electron chi connectivity index (χ1n) is 3.85. The van der Waals surface area contributed by atoms with Crippen molar-refractivity contribution in [1.82, 2.24) is 5.43 Å². The highest BCUT2D eigenvalue weighted by molar-refractivity contribution is 9.09. The number of nitrogens with zero attached hydrogens (tertiary/aromatic N) is 1. The molecule has 0 saturated carbocycles. The van der Waals surface area contributed by atoms with Crippen LogP contribution in [0.4, 0.5) is 0 Å². The topological polar surface area (TPSA) is 24.4 Å². The molecular weight excluding hydrogens is 216 g/mol. The van der Waals surface area contributed by atoms with Gasteiger partial charge in [0.15, 0.2) is 0 Å². The first kappa shape index (κ1) is 7.80. The Balaban J connectivity index is 2.48. The van der Waals surface area contributed by atoms with Crippen LogP contribution in [0.5, 0.6) is 0 Å². The monoisotopic (exact) mass is 224 g/mol. The molecule has 1 aliphatic rings. The lowest BCUT2D eigenvalue weighted by Crippen LogP contribution is -2.20. The minimum Gasteiger partial charge on any atom is -0.305 e. The molecular formula is C9H9BrN2. The average molecular weight is 225 g/mol. The lowest BCUT2D eigenvalue weighted by atomic mass is 10.0. The van der Waals surface area contributed by atoms with Crippen molar-refractivity contribution in [1.29, 1.82) is 0 Å². The van der Waals surface area contributed by atoms with Crippen LogP contribution in [-0.2, 0) is 6.54 Å². The zero-order valence-electron chi connectivity index (χ0n) is 6.55. The van der Waals surface area contributed by atoms with Crippen LogP contribution in [0.2, 0.25) is 0 Å². The summed E-state index contributed by atoms with van der Waals surface area (Å²) in [4.78, 5) is 0. The molecule has 2 nitrogen and oxygen atoms in total. The number of fused-ring (bicyclic) bond motifs is 1. The Morgan fingerprint density at radius 1 is 1.42 bits per heavy atom. The minimum absolute atomic E-state index is 0.803. The summed E-state index contributed by atoms with van der Waals surface area (Å²) in [7, 11) is 0. The first-order chi connectivity index (χ1) is 5.92. The van der Waals surface area contributed by atoms with Crippen molar-refractivity contribution in [3.8, 4) is 0 Å². The third kappa shape index (κ3) is 1.25. The molecule has 0 spiro atoms. The van der Waals surface area contributed by atoms with Crippen molar-refractivity contribution < 1.29 is 0 Å². The molecule has 1 aromatic carbocycles. The predicted molar refractivity (Wildman–Crippen MR) is 53.6 cm³/mol. The van der Waals surface area contributed by atoms with E-state index in [2.05, 4.69) is 44.7 Å². The Hall–Kier alpha value is -0.830. The first-order valence-corrected chi connectivity index (χ1v) is 4.97. The number of benzene rings is 1. The number of alkyl halides is 1. The zero-order chi connectivity index (χ0) is 8.39. The second-order valence-electron chi connectivity index (χ2n) is 2.68. The van der Waals surface area contributed by atoms with Gasteiger partial charge in [-0.05, 0) is 5.56 Å². The van der Waals surface area contributed by atoms with E-state index in [1.54, 1.807) is 0 Å². The van der Waals surface area contributed by atoms with Crippen molar-refractivity contribution >= 4 is 21.6 Å². The molecule has 0 radical (unpaired) electrons. The summed E-state index contributed by atoms with van der Waals surface area (Å²) in [6.07, 6.45) is 0. The summed E-state index contributed by atoms with van der Waals surface area (Å²) >= 11 is 3.41. The number of hydrazone groups is 1. The summed E-state index contributed by atoms with van der Waals surface area (Å²) in [5.41, 5.74) is 6.66. The molecule has 2 rings (SSSR count). The van der Waals surface area contributed by atoms with Gasteiger partial charge >= 0.3 is 0 Å². The van der Waals surface area contributed by atoms with E-state index in [0.717, 1.165) is 17.6 Å². The van der Waals surface area contributed by atoms with Crippen molar-refractivity contribution in [3.63, 3.8) is 0 Å². The largest absolute Gasteiger partial charge is 0.305 e. The van der Waals surface area contributed by atoms with E-state index >= 15 is 0 Å². The van der Waals surface area contributed by atoms with Gasteiger partial charge in [-0.2, -0.15) is 5.10 Å². The average Bonchev–Trinajstić information content (AvgIpc) is 2.17. The van der Waals surface area contributed by atoms with Crippen molar-refractivity contribution in [2.45, 2.75) is 6.54 Å². The molecule has 0 amide bonds. The van der Waals surface area contributed by atoms with Gasteiger partial charge in [-0.15, -0.1) is 0 Å². The molecule has 1 heterocycles. The Bertz CT molecular complexity index is 320. The summed E-state index contributed by atoms with van der Waals surface area (Å²) in [6.45, 7) is 0.840. The Labute approximate surface area is 79.8 Å². The lowest BCUT2D eigenvalue weighted by molar-refractivity contribution is 0.729. The second-order valence-corrected chi connectivity index (χ2v) is 3.24. The van der Waals surface area contributed by atoms with Crippen LogP contribution in [-0.4, -0.2) is 11.0 Å². The number of halogens is 1. The summed E-state index contributed by atoms with van der Waals surface area (Å²) in [5.74, 6) is 0. The molecule has 62 valence electrons. The van der Waals surface area contributed by atoms with E-state index < -0.39 is 0 Å². The molecule has 0 atom stereocenters. The van der Waals surface area contributed by atoms with Gasteiger partial charge in [0.05, 0.1) is 12.3 Å². The van der Waals surface area contributed by atoms with E-state index in [1.165, 1.54) is 11.1 Å². The molecule has 1 N–H and O–H groups in total. The van der Waals surface area contributed by atoms with E-state index in [9.17, 15) is 0 Å². The number of rotatable bonds is 1. The van der Waals surface area contributed by atoms with Crippen LogP contribution in [0, 0.1) is 0 Å². The molecule has 0 saturated heterocycles. The normalized spacial score (nSPS) is 14.6. The lowest BCUT2D eigenvalue weighted by Gasteiger charge is -2.15. The van der Waals surface area contributed by atoms with Crippen LogP contribution in [0.25, 0.3) is 0 Å². The van der Waals surface area contributed by atoms with E-state index in [-0.39, 0.29) is 0 Å². The molecule has 0 aromatic heterocycles. The smallest absolute Gasteiger partial charge is 0.0784 e.